The van der Waals surface area contributed by atoms with E-state index in [9.17, 15) is 0 Å². The maximum atomic E-state index is 5.56. The summed E-state index contributed by atoms with van der Waals surface area (Å²) in [5, 5.41) is 6.58. The van der Waals surface area contributed by atoms with E-state index < -0.39 is 0 Å². The van der Waals surface area contributed by atoms with Crippen LogP contribution in [0.1, 0.15) is 26.7 Å². The normalized spacial score (nSPS) is 22.5. The molecule has 1 saturated heterocycles. The van der Waals surface area contributed by atoms with E-state index in [1.165, 1.54) is 0 Å². The summed E-state index contributed by atoms with van der Waals surface area (Å²) >= 11 is 3.48. The molecule has 2 atom stereocenters. The van der Waals surface area contributed by atoms with Crippen molar-refractivity contribution in [2.24, 2.45) is 5.92 Å². The van der Waals surface area contributed by atoms with Gasteiger partial charge >= 0.3 is 0 Å². The molecule has 19 heavy (non-hydrogen) atoms. The van der Waals surface area contributed by atoms with Crippen molar-refractivity contribution < 1.29 is 4.74 Å². The highest BCUT2D eigenvalue weighted by Crippen LogP contribution is 2.24. The number of hydrogen-bond acceptors (Lipinski definition) is 5. The lowest BCUT2D eigenvalue weighted by Crippen LogP contribution is -2.21. The van der Waals surface area contributed by atoms with Crippen LogP contribution < -0.4 is 10.6 Å². The van der Waals surface area contributed by atoms with Crippen LogP contribution in [0.3, 0.4) is 0 Å². The number of anilines is 2. The topological polar surface area (TPSA) is 59.1 Å². The van der Waals surface area contributed by atoms with Gasteiger partial charge in [0.25, 0.3) is 0 Å². The summed E-state index contributed by atoms with van der Waals surface area (Å²) in [7, 11) is 0. The van der Waals surface area contributed by atoms with Gasteiger partial charge in [0.15, 0.2) is 0 Å². The van der Waals surface area contributed by atoms with Gasteiger partial charge in [0.2, 0.25) is 5.95 Å². The fourth-order valence-electron chi connectivity index (χ4n) is 2.08. The molecule has 0 aliphatic carbocycles. The molecular weight excluding hydrogens is 308 g/mol. The average molecular weight is 329 g/mol. The van der Waals surface area contributed by atoms with Gasteiger partial charge in [-0.3, -0.25) is 0 Å². The van der Waals surface area contributed by atoms with Crippen molar-refractivity contribution in [3.63, 3.8) is 0 Å². The molecule has 1 fully saturated rings. The zero-order chi connectivity index (χ0) is 13.7. The molecule has 2 heterocycles. The molecule has 0 bridgehead atoms. The molecule has 0 spiro atoms. The summed E-state index contributed by atoms with van der Waals surface area (Å²) in [4.78, 5) is 8.71. The smallest absolute Gasteiger partial charge is 0.224 e. The molecule has 1 aromatic heterocycles. The number of rotatable bonds is 6. The quantitative estimate of drug-likeness (QED) is 0.840. The second-order valence-electron chi connectivity index (χ2n) is 4.82. The van der Waals surface area contributed by atoms with Crippen LogP contribution in [0.5, 0.6) is 0 Å². The molecule has 106 valence electrons. The highest BCUT2D eigenvalue weighted by molar-refractivity contribution is 9.10. The number of hydrogen-bond donors (Lipinski definition) is 2. The lowest BCUT2D eigenvalue weighted by Gasteiger charge is -2.16. The lowest BCUT2D eigenvalue weighted by molar-refractivity contribution is 0.108. The standard InChI is InChI=1S/C13H21BrN4O/c1-3-5-15-13-17-8-11(14)12(18-13)16-7-10-4-6-19-9(10)2/h8-10H,3-7H2,1-2H3,(H2,15,16,17,18). The fraction of sp³-hybridized carbons (Fsp3) is 0.692. The van der Waals surface area contributed by atoms with Crippen LogP contribution in [0.2, 0.25) is 0 Å². The fourth-order valence-corrected chi connectivity index (χ4v) is 2.42. The average Bonchev–Trinajstić information content (AvgIpc) is 2.82. The van der Waals surface area contributed by atoms with Crippen molar-refractivity contribution in [3.05, 3.63) is 10.7 Å². The molecule has 6 heteroatoms. The van der Waals surface area contributed by atoms with Gasteiger partial charge in [-0.2, -0.15) is 4.98 Å². The van der Waals surface area contributed by atoms with Crippen molar-refractivity contribution >= 4 is 27.7 Å². The van der Waals surface area contributed by atoms with Gasteiger partial charge in [0, 0.05) is 31.8 Å². The van der Waals surface area contributed by atoms with Crippen molar-refractivity contribution in [2.45, 2.75) is 32.8 Å². The summed E-state index contributed by atoms with van der Waals surface area (Å²) in [5.41, 5.74) is 0. The number of nitrogens with one attached hydrogen (secondary N) is 2. The SMILES string of the molecule is CCCNc1ncc(Br)c(NCC2CCOC2C)n1. The van der Waals surface area contributed by atoms with E-state index in [2.05, 4.69) is 50.4 Å². The summed E-state index contributed by atoms with van der Waals surface area (Å²) in [6.07, 6.45) is 4.27. The zero-order valence-electron chi connectivity index (χ0n) is 11.4. The van der Waals surface area contributed by atoms with Gasteiger partial charge in [-0.15, -0.1) is 0 Å². The predicted octanol–water partition coefficient (Wildman–Crippen LogP) is 2.90. The number of nitrogens with zero attached hydrogens (tertiary/aromatic N) is 2. The summed E-state index contributed by atoms with van der Waals surface area (Å²) in [6, 6.07) is 0. The second kappa shape index (κ2) is 7.05. The van der Waals surface area contributed by atoms with Gasteiger partial charge in [0.05, 0.1) is 10.6 Å². The largest absolute Gasteiger partial charge is 0.378 e. The highest BCUT2D eigenvalue weighted by atomic mass is 79.9. The molecule has 1 aliphatic rings. The van der Waals surface area contributed by atoms with Crippen LogP contribution >= 0.6 is 15.9 Å². The first kappa shape index (κ1) is 14.5. The van der Waals surface area contributed by atoms with Crippen molar-refractivity contribution in [2.75, 3.05) is 30.3 Å². The molecule has 1 aliphatic heterocycles. The van der Waals surface area contributed by atoms with E-state index in [1.54, 1.807) is 6.20 Å². The van der Waals surface area contributed by atoms with Crippen LogP contribution in [0.25, 0.3) is 0 Å². The van der Waals surface area contributed by atoms with Gasteiger partial charge in [0.1, 0.15) is 5.82 Å². The predicted molar refractivity (Wildman–Crippen MR) is 80.5 cm³/mol. The Hall–Kier alpha value is -0.880. The lowest BCUT2D eigenvalue weighted by atomic mass is 10.0. The van der Waals surface area contributed by atoms with Crippen LogP contribution in [0, 0.1) is 5.92 Å². The van der Waals surface area contributed by atoms with Crippen molar-refractivity contribution in [3.8, 4) is 0 Å². The van der Waals surface area contributed by atoms with E-state index in [4.69, 9.17) is 4.74 Å². The molecule has 5 nitrogen and oxygen atoms in total. The Kier molecular flexibility index (Phi) is 5.39. The summed E-state index contributed by atoms with van der Waals surface area (Å²) in [5.74, 6) is 2.06. The van der Waals surface area contributed by atoms with Gasteiger partial charge in [-0.05, 0) is 35.7 Å². The molecule has 2 unspecified atom stereocenters. The second-order valence-corrected chi connectivity index (χ2v) is 5.68. The molecule has 0 radical (unpaired) electrons. The number of ether oxygens (including phenoxy) is 1. The molecule has 0 aromatic carbocycles. The zero-order valence-corrected chi connectivity index (χ0v) is 13.0. The van der Waals surface area contributed by atoms with Gasteiger partial charge in [-0.1, -0.05) is 6.92 Å². The van der Waals surface area contributed by atoms with E-state index in [0.29, 0.717) is 18.0 Å². The van der Waals surface area contributed by atoms with Gasteiger partial charge < -0.3 is 15.4 Å². The monoisotopic (exact) mass is 328 g/mol. The first-order valence-electron chi connectivity index (χ1n) is 6.82. The Labute approximate surface area is 122 Å². The first-order valence-corrected chi connectivity index (χ1v) is 7.62. The number of halogens is 1. The Bertz CT molecular complexity index is 416. The minimum atomic E-state index is 0.325. The Morgan fingerprint density at radius 3 is 3.00 bits per heavy atom. The van der Waals surface area contributed by atoms with Crippen molar-refractivity contribution in [1.82, 2.24) is 9.97 Å². The van der Waals surface area contributed by atoms with E-state index in [0.717, 1.165) is 42.8 Å². The first-order chi connectivity index (χ1) is 9.20. The Balaban J connectivity index is 1.94. The maximum Gasteiger partial charge on any atom is 0.224 e. The highest BCUT2D eigenvalue weighted by Gasteiger charge is 2.24. The Morgan fingerprint density at radius 2 is 2.32 bits per heavy atom. The van der Waals surface area contributed by atoms with E-state index in [-0.39, 0.29) is 0 Å². The van der Waals surface area contributed by atoms with Crippen molar-refractivity contribution in [1.29, 1.82) is 0 Å². The van der Waals surface area contributed by atoms with Crippen LogP contribution in [0.15, 0.2) is 10.7 Å². The van der Waals surface area contributed by atoms with E-state index >= 15 is 0 Å². The molecular formula is C13H21BrN4O. The minimum absolute atomic E-state index is 0.325. The summed E-state index contributed by atoms with van der Waals surface area (Å²) in [6.45, 7) is 6.87. The molecule has 0 saturated carbocycles. The Morgan fingerprint density at radius 1 is 1.47 bits per heavy atom. The third kappa shape index (κ3) is 4.04. The molecule has 2 N–H and O–H groups in total. The van der Waals surface area contributed by atoms with Crippen LogP contribution in [-0.4, -0.2) is 35.8 Å². The summed E-state index contributed by atoms with van der Waals surface area (Å²) < 4.78 is 6.45. The molecule has 1 aromatic rings. The van der Waals surface area contributed by atoms with E-state index in [1.807, 2.05) is 0 Å². The number of aromatic nitrogens is 2. The molecule has 2 rings (SSSR count). The molecule has 0 amide bonds. The minimum Gasteiger partial charge on any atom is -0.378 e. The van der Waals surface area contributed by atoms with Crippen LogP contribution in [-0.2, 0) is 4.74 Å². The van der Waals surface area contributed by atoms with Gasteiger partial charge in [-0.25, -0.2) is 4.98 Å². The maximum absolute atomic E-state index is 5.56. The van der Waals surface area contributed by atoms with Crippen LogP contribution in [0.4, 0.5) is 11.8 Å². The third-order valence-corrected chi connectivity index (χ3v) is 3.92. The third-order valence-electron chi connectivity index (χ3n) is 3.34.